The van der Waals surface area contributed by atoms with Crippen LogP contribution < -0.4 is 10.9 Å². The van der Waals surface area contributed by atoms with Crippen molar-refractivity contribution in [3.8, 4) is 5.69 Å². The predicted molar refractivity (Wildman–Crippen MR) is 130 cm³/mol. The summed E-state index contributed by atoms with van der Waals surface area (Å²) >= 11 is 1.19. The molecular weight excluding hydrogens is 434 g/mol. The normalized spacial score (nSPS) is 11.9. The van der Waals surface area contributed by atoms with Crippen LogP contribution in [-0.4, -0.2) is 25.7 Å². The van der Waals surface area contributed by atoms with Gasteiger partial charge in [-0.2, -0.15) is 5.10 Å². The van der Waals surface area contributed by atoms with Crippen molar-refractivity contribution in [1.82, 2.24) is 19.7 Å². The summed E-state index contributed by atoms with van der Waals surface area (Å²) < 4.78 is 1.62. The number of para-hydroxylation sites is 2. The quantitative estimate of drug-likeness (QED) is 0.290. The number of nitrogens with one attached hydrogen (secondary N) is 2. The molecule has 1 amide bonds. The highest BCUT2D eigenvalue weighted by molar-refractivity contribution is 8.00. The standard InChI is InChI=1S/C25H19N5O2S/c31-23-20-16-26-30(19-14-8-3-9-15-19)22(20)28-25(29-23)33-21(17-10-4-1-5-11-17)24(32)27-18-12-6-2-7-13-18/h1-16,21H,(H,27,32)(H,28,29,31). The second-order valence-electron chi connectivity index (χ2n) is 7.26. The first-order valence-corrected chi connectivity index (χ1v) is 11.2. The molecule has 8 heteroatoms. The van der Waals surface area contributed by atoms with Crippen LogP contribution in [-0.2, 0) is 4.79 Å². The number of H-pyrrole nitrogens is 1. The summed E-state index contributed by atoms with van der Waals surface area (Å²) in [6, 6.07) is 28.2. The van der Waals surface area contributed by atoms with Crippen molar-refractivity contribution in [2.45, 2.75) is 10.4 Å². The molecule has 0 aliphatic heterocycles. The average Bonchev–Trinajstić information content (AvgIpc) is 3.29. The molecule has 1 atom stereocenters. The number of hydrogen-bond donors (Lipinski definition) is 2. The lowest BCUT2D eigenvalue weighted by Gasteiger charge is -2.16. The molecule has 7 nitrogen and oxygen atoms in total. The number of carbonyl (C=O) groups is 1. The number of aromatic nitrogens is 4. The topological polar surface area (TPSA) is 92.7 Å². The van der Waals surface area contributed by atoms with Gasteiger partial charge in [-0.25, -0.2) is 9.67 Å². The van der Waals surface area contributed by atoms with Crippen molar-refractivity contribution in [3.05, 3.63) is 113 Å². The SMILES string of the molecule is O=C(Nc1ccccc1)C(Sc1nc2c(cnn2-c2ccccc2)c(=O)[nH]1)c1ccccc1. The molecule has 2 aromatic heterocycles. The summed E-state index contributed by atoms with van der Waals surface area (Å²) in [6.45, 7) is 0. The van der Waals surface area contributed by atoms with Gasteiger partial charge in [0, 0.05) is 5.69 Å². The van der Waals surface area contributed by atoms with E-state index in [1.165, 1.54) is 18.0 Å². The van der Waals surface area contributed by atoms with E-state index in [9.17, 15) is 9.59 Å². The molecule has 0 radical (unpaired) electrons. The summed E-state index contributed by atoms with van der Waals surface area (Å²) in [7, 11) is 0. The van der Waals surface area contributed by atoms with Crippen LogP contribution in [0.3, 0.4) is 0 Å². The molecule has 5 aromatic rings. The molecule has 0 saturated carbocycles. The number of fused-ring (bicyclic) bond motifs is 1. The van der Waals surface area contributed by atoms with E-state index in [0.29, 0.717) is 21.9 Å². The Morgan fingerprint density at radius 2 is 1.55 bits per heavy atom. The lowest BCUT2D eigenvalue weighted by Crippen LogP contribution is -2.20. The summed E-state index contributed by atoms with van der Waals surface area (Å²) in [5.74, 6) is -0.211. The van der Waals surface area contributed by atoms with Gasteiger partial charge in [-0.1, -0.05) is 78.5 Å². The van der Waals surface area contributed by atoms with Crippen molar-refractivity contribution in [3.63, 3.8) is 0 Å². The molecule has 0 aliphatic carbocycles. The van der Waals surface area contributed by atoms with E-state index in [4.69, 9.17) is 0 Å². The van der Waals surface area contributed by atoms with Gasteiger partial charge in [0.15, 0.2) is 10.8 Å². The summed E-state index contributed by atoms with van der Waals surface area (Å²) in [4.78, 5) is 33.4. The molecule has 5 rings (SSSR count). The van der Waals surface area contributed by atoms with Crippen LogP contribution in [0.1, 0.15) is 10.8 Å². The molecule has 2 N–H and O–H groups in total. The van der Waals surface area contributed by atoms with Gasteiger partial charge >= 0.3 is 0 Å². The van der Waals surface area contributed by atoms with Crippen LogP contribution in [0.2, 0.25) is 0 Å². The first kappa shape index (κ1) is 20.7. The first-order valence-electron chi connectivity index (χ1n) is 10.3. The minimum Gasteiger partial charge on any atom is -0.325 e. The number of anilines is 1. The molecule has 3 aromatic carbocycles. The van der Waals surface area contributed by atoms with Gasteiger partial charge in [0.2, 0.25) is 5.91 Å². The van der Waals surface area contributed by atoms with Crippen molar-refractivity contribution >= 4 is 34.4 Å². The number of hydrogen-bond acceptors (Lipinski definition) is 5. The summed E-state index contributed by atoms with van der Waals surface area (Å²) in [5, 5.41) is 7.38. The van der Waals surface area contributed by atoms with Crippen LogP contribution in [0.4, 0.5) is 5.69 Å². The minimum absolute atomic E-state index is 0.211. The lowest BCUT2D eigenvalue weighted by molar-refractivity contribution is -0.115. The van der Waals surface area contributed by atoms with Crippen LogP contribution in [0.25, 0.3) is 16.7 Å². The number of amides is 1. The Morgan fingerprint density at radius 3 is 2.24 bits per heavy atom. The average molecular weight is 454 g/mol. The second-order valence-corrected chi connectivity index (χ2v) is 8.36. The molecule has 2 heterocycles. The number of carbonyl (C=O) groups excluding carboxylic acids is 1. The maximum Gasteiger partial charge on any atom is 0.262 e. The van der Waals surface area contributed by atoms with Crippen LogP contribution >= 0.6 is 11.8 Å². The predicted octanol–water partition coefficient (Wildman–Crippen LogP) is 4.58. The highest BCUT2D eigenvalue weighted by Gasteiger charge is 2.24. The van der Waals surface area contributed by atoms with Gasteiger partial charge < -0.3 is 10.3 Å². The summed E-state index contributed by atoms with van der Waals surface area (Å²) in [5.41, 5.74) is 2.42. The smallest absolute Gasteiger partial charge is 0.262 e. The molecule has 0 aliphatic rings. The van der Waals surface area contributed by atoms with E-state index < -0.39 is 5.25 Å². The Balaban J connectivity index is 1.53. The minimum atomic E-state index is -0.625. The Hall–Kier alpha value is -4.17. The number of aromatic amines is 1. The van der Waals surface area contributed by atoms with Crippen molar-refractivity contribution < 1.29 is 4.79 Å². The van der Waals surface area contributed by atoms with E-state index in [-0.39, 0.29) is 11.5 Å². The second kappa shape index (κ2) is 9.13. The van der Waals surface area contributed by atoms with E-state index >= 15 is 0 Å². The van der Waals surface area contributed by atoms with Gasteiger partial charge in [-0.05, 0) is 29.8 Å². The van der Waals surface area contributed by atoms with Crippen molar-refractivity contribution in [2.24, 2.45) is 0 Å². The number of rotatable bonds is 6. The fourth-order valence-corrected chi connectivity index (χ4v) is 4.43. The Morgan fingerprint density at radius 1 is 0.909 bits per heavy atom. The molecule has 1 unspecified atom stereocenters. The van der Waals surface area contributed by atoms with Crippen molar-refractivity contribution in [2.75, 3.05) is 5.32 Å². The van der Waals surface area contributed by atoms with Gasteiger partial charge in [0.1, 0.15) is 10.6 Å². The monoisotopic (exact) mass is 453 g/mol. The van der Waals surface area contributed by atoms with Gasteiger partial charge in [0.05, 0.1) is 11.9 Å². The maximum atomic E-state index is 13.2. The molecule has 0 spiro atoms. The van der Waals surface area contributed by atoms with Gasteiger partial charge in [-0.15, -0.1) is 0 Å². The van der Waals surface area contributed by atoms with E-state index in [0.717, 1.165) is 11.3 Å². The zero-order valence-corrected chi connectivity index (χ0v) is 18.2. The van der Waals surface area contributed by atoms with Crippen LogP contribution in [0.15, 0.2) is 107 Å². The van der Waals surface area contributed by atoms with E-state index in [2.05, 4.69) is 20.4 Å². The zero-order chi connectivity index (χ0) is 22.6. The Kier molecular flexibility index (Phi) is 5.73. The molecule has 33 heavy (non-hydrogen) atoms. The fourth-order valence-electron chi connectivity index (χ4n) is 3.45. The largest absolute Gasteiger partial charge is 0.325 e. The highest BCUT2D eigenvalue weighted by atomic mass is 32.2. The zero-order valence-electron chi connectivity index (χ0n) is 17.4. The first-order chi connectivity index (χ1) is 16.2. The van der Waals surface area contributed by atoms with E-state index in [1.54, 1.807) is 4.68 Å². The molecular formula is C25H19N5O2S. The third-order valence-electron chi connectivity index (χ3n) is 5.03. The molecule has 162 valence electrons. The number of nitrogens with zero attached hydrogens (tertiary/aromatic N) is 3. The lowest BCUT2D eigenvalue weighted by atomic mass is 10.1. The van der Waals surface area contributed by atoms with E-state index in [1.807, 2.05) is 91.0 Å². The summed E-state index contributed by atoms with van der Waals surface area (Å²) in [6.07, 6.45) is 1.50. The third kappa shape index (κ3) is 4.42. The van der Waals surface area contributed by atoms with Crippen LogP contribution in [0.5, 0.6) is 0 Å². The molecule has 0 fully saturated rings. The Bertz CT molecular complexity index is 1450. The highest BCUT2D eigenvalue weighted by Crippen LogP contribution is 2.34. The number of benzene rings is 3. The third-order valence-corrected chi connectivity index (χ3v) is 6.17. The molecule has 0 saturated heterocycles. The number of thioether (sulfide) groups is 1. The maximum absolute atomic E-state index is 13.2. The molecule has 0 bridgehead atoms. The Labute approximate surface area is 193 Å². The van der Waals surface area contributed by atoms with Gasteiger partial charge in [0.25, 0.3) is 5.56 Å². The van der Waals surface area contributed by atoms with Crippen LogP contribution in [0, 0.1) is 0 Å². The van der Waals surface area contributed by atoms with Gasteiger partial charge in [-0.3, -0.25) is 9.59 Å². The van der Waals surface area contributed by atoms with Crippen molar-refractivity contribution in [1.29, 1.82) is 0 Å². The fraction of sp³-hybridized carbons (Fsp3) is 0.0400.